The summed E-state index contributed by atoms with van der Waals surface area (Å²) in [6.45, 7) is 8.87. The molecule has 0 aromatic heterocycles. The highest BCUT2D eigenvalue weighted by atomic mass is 16.5. The Morgan fingerprint density at radius 3 is 2.48 bits per heavy atom. The molecule has 3 heteroatoms. The van der Waals surface area contributed by atoms with Gasteiger partial charge in [-0.05, 0) is 36.8 Å². The van der Waals surface area contributed by atoms with Crippen LogP contribution in [0.15, 0.2) is 30.3 Å². The van der Waals surface area contributed by atoms with Gasteiger partial charge in [0.15, 0.2) is 0 Å². The van der Waals surface area contributed by atoms with Crippen molar-refractivity contribution in [3.05, 3.63) is 30.3 Å². The smallest absolute Gasteiger partial charge is 0.0467 e. The third-order valence-corrected chi connectivity index (χ3v) is 4.47. The van der Waals surface area contributed by atoms with Crippen molar-refractivity contribution >= 4 is 5.69 Å². The Hall–Kier alpha value is -1.06. The molecule has 1 aromatic rings. The van der Waals surface area contributed by atoms with E-state index < -0.39 is 0 Å². The van der Waals surface area contributed by atoms with Gasteiger partial charge < -0.3 is 15.0 Å². The highest BCUT2D eigenvalue weighted by molar-refractivity contribution is 5.46. The molecule has 2 rings (SSSR count). The van der Waals surface area contributed by atoms with Crippen LogP contribution in [0.2, 0.25) is 0 Å². The summed E-state index contributed by atoms with van der Waals surface area (Å²) in [5, 5.41) is 3.76. The van der Waals surface area contributed by atoms with E-state index in [1.165, 1.54) is 18.5 Å². The molecule has 1 N–H and O–H groups in total. The summed E-state index contributed by atoms with van der Waals surface area (Å²) in [6.07, 6.45) is 3.57. The first-order chi connectivity index (χ1) is 10.1. The van der Waals surface area contributed by atoms with Crippen LogP contribution in [0.4, 0.5) is 5.69 Å². The first-order valence-corrected chi connectivity index (χ1v) is 8.13. The fourth-order valence-corrected chi connectivity index (χ4v) is 2.87. The molecule has 0 saturated carbocycles. The van der Waals surface area contributed by atoms with Crippen LogP contribution in [0.5, 0.6) is 0 Å². The number of rotatable bonds is 7. The van der Waals surface area contributed by atoms with Crippen molar-refractivity contribution < 1.29 is 4.74 Å². The quantitative estimate of drug-likeness (QED) is 0.834. The maximum Gasteiger partial charge on any atom is 0.0467 e. The second-order valence-electron chi connectivity index (χ2n) is 6.88. The number of nitrogens with zero attached hydrogens (tertiary/aromatic N) is 1. The number of hydrogen-bond donors (Lipinski definition) is 1. The minimum Gasteiger partial charge on any atom is -0.385 e. The molecular formula is C18H30N2O. The van der Waals surface area contributed by atoms with Crippen molar-refractivity contribution in [2.75, 3.05) is 38.3 Å². The second kappa shape index (κ2) is 7.81. The molecule has 118 valence electrons. The van der Waals surface area contributed by atoms with Gasteiger partial charge in [-0.25, -0.2) is 0 Å². The SMILES string of the molecule is COCCC(C)(C)CNC1CCN(c2ccccc2)CC1. The maximum absolute atomic E-state index is 5.20. The van der Waals surface area contributed by atoms with Gasteiger partial charge in [-0.3, -0.25) is 0 Å². The zero-order valence-corrected chi connectivity index (χ0v) is 13.8. The molecule has 3 nitrogen and oxygen atoms in total. The summed E-state index contributed by atoms with van der Waals surface area (Å²) >= 11 is 0. The lowest BCUT2D eigenvalue weighted by Gasteiger charge is -2.36. The number of anilines is 1. The number of ether oxygens (including phenoxy) is 1. The van der Waals surface area contributed by atoms with E-state index in [0.717, 1.165) is 32.7 Å². The summed E-state index contributed by atoms with van der Waals surface area (Å²) < 4.78 is 5.20. The van der Waals surface area contributed by atoms with Crippen LogP contribution in [0.1, 0.15) is 33.1 Å². The molecule has 1 aromatic carbocycles. The van der Waals surface area contributed by atoms with Crippen molar-refractivity contribution in [1.82, 2.24) is 5.32 Å². The number of benzene rings is 1. The maximum atomic E-state index is 5.20. The Morgan fingerprint density at radius 2 is 1.86 bits per heavy atom. The average molecular weight is 290 g/mol. The van der Waals surface area contributed by atoms with Crippen molar-refractivity contribution in [1.29, 1.82) is 0 Å². The van der Waals surface area contributed by atoms with Crippen molar-refractivity contribution in [2.45, 2.75) is 39.2 Å². The van der Waals surface area contributed by atoms with Crippen molar-refractivity contribution in [3.8, 4) is 0 Å². The van der Waals surface area contributed by atoms with Crippen LogP contribution in [0, 0.1) is 5.41 Å². The molecule has 0 unspecified atom stereocenters. The first kappa shape index (κ1) is 16.3. The van der Waals surface area contributed by atoms with Gasteiger partial charge in [0.1, 0.15) is 0 Å². The van der Waals surface area contributed by atoms with Gasteiger partial charge in [-0.15, -0.1) is 0 Å². The summed E-state index contributed by atoms with van der Waals surface area (Å²) in [5.74, 6) is 0. The lowest BCUT2D eigenvalue weighted by atomic mass is 9.89. The lowest BCUT2D eigenvalue weighted by molar-refractivity contribution is 0.148. The van der Waals surface area contributed by atoms with Gasteiger partial charge in [0.25, 0.3) is 0 Å². The van der Waals surface area contributed by atoms with Gasteiger partial charge in [0.2, 0.25) is 0 Å². The molecule has 0 radical (unpaired) electrons. The standard InChI is InChI=1S/C18H30N2O/c1-18(2,11-14-21-3)15-19-16-9-12-20(13-10-16)17-7-5-4-6-8-17/h4-8,16,19H,9-15H2,1-3H3. The zero-order chi connectivity index (χ0) is 15.1. The van der Waals surface area contributed by atoms with Gasteiger partial charge in [0, 0.05) is 45.1 Å². The Kier molecular flexibility index (Phi) is 6.07. The number of para-hydroxylation sites is 1. The summed E-state index contributed by atoms with van der Waals surface area (Å²) in [6, 6.07) is 11.4. The molecule has 0 aliphatic carbocycles. The van der Waals surface area contributed by atoms with E-state index in [4.69, 9.17) is 4.74 Å². The van der Waals surface area contributed by atoms with Crippen LogP contribution in [0.25, 0.3) is 0 Å². The summed E-state index contributed by atoms with van der Waals surface area (Å²) in [7, 11) is 1.78. The van der Waals surface area contributed by atoms with Crippen LogP contribution in [-0.4, -0.2) is 39.4 Å². The minimum absolute atomic E-state index is 0.312. The van der Waals surface area contributed by atoms with E-state index in [0.29, 0.717) is 11.5 Å². The average Bonchev–Trinajstić information content (AvgIpc) is 2.53. The highest BCUT2D eigenvalue weighted by Gasteiger charge is 2.22. The molecule has 21 heavy (non-hydrogen) atoms. The zero-order valence-electron chi connectivity index (χ0n) is 13.8. The number of hydrogen-bond acceptors (Lipinski definition) is 3. The summed E-state index contributed by atoms with van der Waals surface area (Å²) in [4.78, 5) is 2.49. The van der Waals surface area contributed by atoms with E-state index >= 15 is 0 Å². The molecule has 1 fully saturated rings. The van der Waals surface area contributed by atoms with E-state index in [9.17, 15) is 0 Å². The van der Waals surface area contributed by atoms with Crippen LogP contribution in [-0.2, 0) is 4.74 Å². The molecule has 1 aliphatic rings. The fourth-order valence-electron chi connectivity index (χ4n) is 2.87. The Labute approximate surface area is 129 Å². The number of nitrogens with one attached hydrogen (secondary N) is 1. The van der Waals surface area contributed by atoms with Gasteiger partial charge in [0.05, 0.1) is 0 Å². The molecule has 1 aliphatic heterocycles. The van der Waals surface area contributed by atoms with Crippen molar-refractivity contribution in [2.24, 2.45) is 5.41 Å². The third-order valence-electron chi connectivity index (χ3n) is 4.47. The number of methoxy groups -OCH3 is 1. The largest absolute Gasteiger partial charge is 0.385 e. The van der Waals surface area contributed by atoms with Crippen LogP contribution in [0.3, 0.4) is 0 Å². The predicted molar refractivity (Wildman–Crippen MR) is 90.0 cm³/mol. The van der Waals surface area contributed by atoms with E-state index in [-0.39, 0.29) is 0 Å². The first-order valence-electron chi connectivity index (χ1n) is 8.13. The molecule has 1 heterocycles. The normalized spacial score (nSPS) is 17.2. The van der Waals surface area contributed by atoms with E-state index in [2.05, 4.69) is 54.4 Å². The van der Waals surface area contributed by atoms with Gasteiger partial charge in [-0.2, -0.15) is 0 Å². The van der Waals surface area contributed by atoms with E-state index in [1.54, 1.807) is 7.11 Å². The predicted octanol–water partition coefficient (Wildman–Crippen LogP) is 3.31. The molecule has 0 spiro atoms. The summed E-state index contributed by atoms with van der Waals surface area (Å²) in [5.41, 5.74) is 1.67. The second-order valence-corrected chi connectivity index (χ2v) is 6.88. The lowest BCUT2D eigenvalue weighted by Crippen LogP contribution is -2.45. The molecule has 0 bridgehead atoms. The monoisotopic (exact) mass is 290 g/mol. The number of piperidine rings is 1. The Morgan fingerprint density at radius 1 is 1.19 bits per heavy atom. The third kappa shape index (κ3) is 5.33. The van der Waals surface area contributed by atoms with Crippen molar-refractivity contribution in [3.63, 3.8) is 0 Å². The Bertz CT molecular complexity index is 397. The highest BCUT2D eigenvalue weighted by Crippen LogP contribution is 2.22. The Balaban J connectivity index is 1.72. The van der Waals surface area contributed by atoms with Crippen LogP contribution >= 0.6 is 0 Å². The van der Waals surface area contributed by atoms with Gasteiger partial charge in [-0.1, -0.05) is 32.0 Å². The van der Waals surface area contributed by atoms with E-state index in [1.807, 2.05) is 0 Å². The molecule has 1 saturated heterocycles. The van der Waals surface area contributed by atoms with Gasteiger partial charge >= 0.3 is 0 Å². The molecule has 0 amide bonds. The molecular weight excluding hydrogens is 260 g/mol. The van der Waals surface area contributed by atoms with Crippen LogP contribution < -0.4 is 10.2 Å². The topological polar surface area (TPSA) is 24.5 Å². The molecule has 0 atom stereocenters. The minimum atomic E-state index is 0.312. The fraction of sp³-hybridized carbons (Fsp3) is 0.667.